The maximum absolute atomic E-state index is 2.52. The molecule has 12 rings (SSSR count). The Labute approximate surface area is 356 Å². The van der Waals surface area contributed by atoms with Crippen molar-refractivity contribution in [3.63, 3.8) is 0 Å². The van der Waals surface area contributed by atoms with Crippen molar-refractivity contribution >= 4 is 32.3 Å². The van der Waals surface area contributed by atoms with Crippen LogP contribution in [0.1, 0.15) is 22.3 Å². The van der Waals surface area contributed by atoms with Crippen LogP contribution in [-0.2, 0) is 5.41 Å². The predicted molar refractivity (Wildman–Crippen MR) is 258 cm³/mol. The van der Waals surface area contributed by atoms with Crippen LogP contribution >= 0.6 is 0 Å². The first kappa shape index (κ1) is 35.2. The van der Waals surface area contributed by atoms with Crippen LogP contribution in [0.3, 0.4) is 0 Å². The van der Waals surface area contributed by atoms with E-state index in [2.05, 4.69) is 243 Å². The van der Waals surface area contributed by atoms with E-state index in [1.807, 2.05) is 0 Å². The van der Waals surface area contributed by atoms with Crippen LogP contribution in [0.5, 0.6) is 0 Å². The molecule has 0 nitrogen and oxygen atoms in total. The number of fused-ring (bicyclic) bond motifs is 7. The molecule has 0 aliphatic heterocycles. The summed E-state index contributed by atoms with van der Waals surface area (Å²) < 4.78 is 0. The molecule has 0 aromatic heterocycles. The van der Waals surface area contributed by atoms with Gasteiger partial charge in [-0.25, -0.2) is 0 Å². The van der Waals surface area contributed by atoms with Gasteiger partial charge in [-0.2, -0.15) is 0 Å². The molecule has 0 unspecified atom stereocenters. The third kappa shape index (κ3) is 5.53. The molecule has 0 amide bonds. The Balaban J connectivity index is 1.11. The van der Waals surface area contributed by atoms with Gasteiger partial charge >= 0.3 is 0 Å². The second kappa shape index (κ2) is 14.2. The highest BCUT2D eigenvalue weighted by atomic mass is 14.5. The molecule has 11 aromatic rings. The van der Waals surface area contributed by atoms with E-state index in [1.54, 1.807) is 0 Å². The number of hydrogen-bond donors (Lipinski definition) is 0. The largest absolute Gasteiger partial charge is 0.0714 e. The molecule has 0 bridgehead atoms. The fourth-order valence-corrected chi connectivity index (χ4v) is 10.4. The van der Waals surface area contributed by atoms with Crippen LogP contribution in [-0.4, -0.2) is 0 Å². The van der Waals surface area contributed by atoms with Crippen molar-refractivity contribution in [2.75, 3.05) is 0 Å². The van der Waals surface area contributed by atoms with E-state index in [-0.39, 0.29) is 0 Å². The summed E-state index contributed by atoms with van der Waals surface area (Å²) in [6.45, 7) is 0. The van der Waals surface area contributed by atoms with E-state index in [0.29, 0.717) is 0 Å². The molecule has 0 radical (unpaired) electrons. The minimum absolute atomic E-state index is 0.577. The van der Waals surface area contributed by atoms with Crippen molar-refractivity contribution < 1.29 is 0 Å². The molecule has 1 aliphatic rings. The molecule has 61 heavy (non-hydrogen) atoms. The zero-order chi connectivity index (χ0) is 40.3. The molecular weight excluding hydrogens is 733 g/mol. The third-order valence-corrected chi connectivity index (χ3v) is 13.2. The summed E-state index contributed by atoms with van der Waals surface area (Å²) >= 11 is 0. The van der Waals surface area contributed by atoms with Gasteiger partial charge in [-0.1, -0.05) is 224 Å². The molecule has 0 fully saturated rings. The maximum atomic E-state index is 2.52. The SMILES string of the molecule is c1ccc(-c2ccc(-c3cc4c(c5ccccc35)-c3ccc(-c5ccc(-c6ccc7ccccc7c6)c6ccccc56)cc3C4(c3ccccc3)c3ccccc3)cc2)cc1. The lowest BCUT2D eigenvalue weighted by Gasteiger charge is -2.34. The number of rotatable bonds is 6. The van der Waals surface area contributed by atoms with Crippen LogP contribution < -0.4 is 0 Å². The van der Waals surface area contributed by atoms with Gasteiger partial charge in [0.25, 0.3) is 0 Å². The van der Waals surface area contributed by atoms with Gasteiger partial charge in [0.15, 0.2) is 0 Å². The lowest BCUT2D eigenvalue weighted by Crippen LogP contribution is -2.28. The van der Waals surface area contributed by atoms with Crippen LogP contribution in [0.2, 0.25) is 0 Å². The van der Waals surface area contributed by atoms with Crippen LogP contribution in [0.4, 0.5) is 0 Å². The molecule has 0 heterocycles. The van der Waals surface area contributed by atoms with E-state index in [4.69, 9.17) is 0 Å². The smallest absolute Gasteiger partial charge is 0.0622 e. The Morgan fingerprint density at radius 3 is 1.31 bits per heavy atom. The van der Waals surface area contributed by atoms with Gasteiger partial charge in [0.05, 0.1) is 5.41 Å². The molecule has 11 aromatic carbocycles. The summed E-state index contributed by atoms with van der Waals surface area (Å²) in [5, 5.41) is 7.55. The first-order chi connectivity index (χ1) is 30.3. The van der Waals surface area contributed by atoms with Crippen LogP contribution in [0, 0.1) is 0 Å². The first-order valence-corrected chi connectivity index (χ1v) is 21.2. The van der Waals surface area contributed by atoms with Gasteiger partial charge in [-0.3, -0.25) is 0 Å². The maximum Gasteiger partial charge on any atom is 0.0714 e. The van der Waals surface area contributed by atoms with E-state index in [0.717, 1.165) is 0 Å². The van der Waals surface area contributed by atoms with Gasteiger partial charge in [0.2, 0.25) is 0 Å². The van der Waals surface area contributed by atoms with E-state index in [9.17, 15) is 0 Å². The van der Waals surface area contributed by atoms with Crippen LogP contribution in [0.15, 0.2) is 243 Å². The summed E-state index contributed by atoms with van der Waals surface area (Å²) in [5.74, 6) is 0. The van der Waals surface area contributed by atoms with Crippen LogP contribution in [0.25, 0.3) is 88.0 Å². The topological polar surface area (TPSA) is 0 Å². The third-order valence-electron chi connectivity index (χ3n) is 13.2. The zero-order valence-electron chi connectivity index (χ0n) is 33.6. The van der Waals surface area contributed by atoms with E-state index < -0.39 is 5.41 Å². The average Bonchev–Trinajstić information content (AvgIpc) is 3.64. The summed E-state index contributed by atoms with van der Waals surface area (Å²) in [6.07, 6.45) is 0. The van der Waals surface area contributed by atoms with E-state index in [1.165, 1.54) is 110 Å². The standard InChI is InChI=1S/C61H40/c1-4-16-41(17-5-1)43-28-31-44(32-29-43)57-40-59-60(55-27-15-14-26-54(55)57)56-35-34-47(39-58(56)61(59,48-20-6-2-7-21-48)49-22-8-3-9-23-49)51-37-36-50(52-24-12-13-25-53(51)52)46-33-30-42-18-10-11-19-45(42)38-46/h1-40H. The second-order valence-corrected chi connectivity index (χ2v) is 16.3. The second-order valence-electron chi connectivity index (χ2n) is 16.3. The van der Waals surface area contributed by atoms with Gasteiger partial charge < -0.3 is 0 Å². The molecule has 0 saturated carbocycles. The lowest BCUT2D eigenvalue weighted by atomic mass is 9.67. The van der Waals surface area contributed by atoms with Gasteiger partial charge in [-0.05, 0) is 128 Å². The highest BCUT2D eigenvalue weighted by molar-refractivity contribution is 6.11. The van der Waals surface area contributed by atoms with E-state index >= 15 is 0 Å². The molecule has 284 valence electrons. The highest BCUT2D eigenvalue weighted by Gasteiger charge is 2.47. The minimum Gasteiger partial charge on any atom is -0.0622 e. The molecule has 0 atom stereocenters. The summed E-state index contributed by atoms with van der Waals surface area (Å²) in [6, 6.07) is 90.1. The fourth-order valence-electron chi connectivity index (χ4n) is 10.4. The molecular formula is C61H40. The van der Waals surface area contributed by atoms with Crippen molar-refractivity contribution in [2.45, 2.75) is 5.41 Å². The molecule has 0 spiro atoms. The van der Waals surface area contributed by atoms with Gasteiger partial charge in [-0.15, -0.1) is 0 Å². The monoisotopic (exact) mass is 772 g/mol. The Kier molecular flexibility index (Phi) is 8.18. The number of benzene rings is 11. The molecule has 0 N–H and O–H groups in total. The first-order valence-electron chi connectivity index (χ1n) is 21.2. The number of hydrogen-bond acceptors (Lipinski definition) is 0. The Hall–Kier alpha value is -7.80. The van der Waals surface area contributed by atoms with Gasteiger partial charge in [0, 0.05) is 0 Å². The summed E-state index contributed by atoms with van der Waals surface area (Å²) in [4.78, 5) is 0. The van der Waals surface area contributed by atoms with Crippen molar-refractivity contribution in [3.05, 3.63) is 265 Å². The highest BCUT2D eigenvalue weighted by Crippen LogP contribution is 2.59. The quantitative estimate of drug-likeness (QED) is 0.158. The van der Waals surface area contributed by atoms with Crippen molar-refractivity contribution in [1.29, 1.82) is 0 Å². The predicted octanol–water partition coefficient (Wildman–Crippen LogP) is 16.2. The summed E-state index contributed by atoms with van der Waals surface area (Å²) in [5.41, 5.74) is 17.0. The van der Waals surface area contributed by atoms with Crippen molar-refractivity contribution in [3.8, 4) is 55.6 Å². The fraction of sp³-hybridized carbons (Fsp3) is 0.0164. The van der Waals surface area contributed by atoms with Crippen molar-refractivity contribution in [2.24, 2.45) is 0 Å². The van der Waals surface area contributed by atoms with Crippen molar-refractivity contribution in [1.82, 2.24) is 0 Å². The average molecular weight is 773 g/mol. The summed E-state index contributed by atoms with van der Waals surface area (Å²) in [7, 11) is 0. The van der Waals surface area contributed by atoms with Gasteiger partial charge in [0.1, 0.15) is 0 Å². The molecule has 1 aliphatic carbocycles. The molecule has 0 saturated heterocycles. The Morgan fingerprint density at radius 1 is 0.230 bits per heavy atom. The normalized spacial score (nSPS) is 12.7. The Bertz CT molecular complexity index is 3390. The molecule has 0 heteroatoms. The Morgan fingerprint density at radius 2 is 0.672 bits per heavy atom. The minimum atomic E-state index is -0.577. The zero-order valence-corrected chi connectivity index (χ0v) is 33.6. The lowest BCUT2D eigenvalue weighted by molar-refractivity contribution is 0.769.